The molecule has 2 rings (SSSR count). The van der Waals surface area contributed by atoms with Gasteiger partial charge in [-0.15, -0.1) is 0 Å². The van der Waals surface area contributed by atoms with Gasteiger partial charge in [0.05, 0.1) is 30.5 Å². The zero-order chi connectivity index (χ0) is 19.6. The summed E-state index contributed by atoms with van der Waals surface area (Å²) in [5, 5.41) is 14.0. The van der Waals surface area contributed by atoms with Crippen molar-refractivity contribution in [1.29, 1.82) is 0 Å². The number of nitrogens with zero attached hydrogens (tertiary/aromatic N) is 1. The Morgan fingerprint density at radius 2 is 1.85 bits per heavy atom. The van der Waals surface area contributed by atoms with Crippen molar-refractivity contribution in [1.82, 2.24) is 0 Å². The highest BCUT2D eigenvalue weighted by Crippen LogP contribution is 2.38. The molecule has 0 bridgehead atoms. The third-order valence-corrected chi connectivity index (χ3v) is 3.63. The first-order valence-corrected chi connectivity index (χ1v) is 8.95. The number of nitrogens with one attached hydrogen (secondary N) is 1. The Hall–Kier alpha value is -3.03. The van der Waals surface area contributed by atoms with Crippen LogP contribution < -0.4 is 14.8 Å². The van der Waals surface area contributed by atoms with Crippen molar-refractivity contribution in [2.75, 3.05) is 18.5 Å². The van der Waals surface area contributed by atoms with Gasteiger partial charge in [0.2, 0.25) is 5.91 Å². The van der Waals surface area contributed by atoms with E-state index in [9.17, 15) is 14.9 Å². The van der Waals surface area contributed by atoms with Crippen molar-refractivity contribution in [3.05, 3.63) is 46.4 Å². The number of aryl methyl sites for hydroxylation is 1. The van der Waals surface area contributed by atoms with Crippen molar-refractivity contribution >= 4 is 17.3 Å². The monoisotopic (exact) mass is 376 g/mol. The Morgan fingerprint density at radius 1 is 1.19 bits per heavy atom. The van der Waals surface area contributed by atoms with Gasteiger partial charge < -0.3 is 19.2 Å². The van der Waals surface area contributed by atoms with E-state index in [0.717, 1.165) is 12.8 Å². The van der Waals surface area contributed by atoms with Crippen molar-refractivity contribution in [2.24, 2.45) is 0 Å². The summed E-state index contributed by atoms with van der Waals surface area (Å²) in [7, 11) is 0. The van der Waals surface area contributed by atoms with E-state index in [0.29, 0.717) is 36.9 Å². The molecule has 27 heavy (non-hydrogen) atoms. The Kier molecular flexibility index (Phi) is 7.66. The minimum Gasteiger partial charge on any atom is -0.490 e. The molecule has 0 spiro atoms. The maximum Gasteiger partial charge on any atom is 0.296 e. The van der Waals surface area contributed by atoms with Crippen molar-refractivity contribution in [2.45, 2.75) is 39.5 Å². The fourth-order valence-electron chi connectivity index (χ4n) is 2.35. The van der Waals surface area contributed by atoms with E-state index in [1.54, 1.807) is 12.1 Å². The molecule has 146 valence electrons. The van der Waals surface area contributed by atoms with Crippen LogP contribution in [0.4, 0.5) is 11.4 Å². The Balaban J connectivity index is 2.20. The van der Waals surface area contributed by atoms with E-state index in [-0.39, 0.29) is 23.7 Å². The summed E-state index contributed by atoms with van der Waals surface area (Å²) >= 11 is 0. The van der Waals surface area contributed by atoms with Crippen molar-refractivity contribution in [3.8, 4) is 11.5 Å². The SMILES string of the molecule is CCCOc1cc(NC(=O)CCc2ccco2)c([N+](=O)[O-])cc1OCCC. The number of nitro benzene ring substituents is 1. The normalized spacial score (nSPS) is 10.4. The second kappa shape index (κ2) is 10.2. The van der Waals surface area contributed by atoms with Crippen LogP contribution >= 0.6 is 0 Å². The molecule has 8 nitrogen and oxygen atoms in total. The molecule has 0 radical (unpaired) electrons. The lowest BCUT2D eigenvalue weighted by molar-refractivity contribution is -0.384. The maximum atomic E-state index is 12.2. The van der Waals surface area contributed by atoms with E-state index in [1.807, 2.05) is 13.8 Å². The summed E-state index contributed by atoms with van der Waals surface area (Å²) in [6.45, 7) is 4.74. The predicted octanol–water partition coefficient (Wildman–Crippen LogP) is 4.34. The lowest BCUT2D eigenvalue weighted by atomic mass is 10.2. The van der Waals surface area contributed by atoms with Crippen LogP contribution in [0, 0.1) is 10.1 Å². The van der Waals surface area contributed by atoms with Gasteiger partial charge in [0.1, 0.15) is 11.4 Å². The molecule has 0 aliphatic rings. The average molecular weight is 376 g/mol. The fourth-order valence-corrected chi connectivity index (χ4v) is 2.35. The van der Waals surface area contributed by atoms with Gasteiger partial charge in [-0.1, -0.05) is 13.8 Å². The van der Waals surface area contributed by atoms with Crippen LogP contribution in [0.3, 0.4) is 0 Å². The molecule has 1 aromatic heterocycles. The minimum atomic E-state index is -0.551. The summed E-state index contributed by atoms with van der Waals surface area (Å²) in [6.07, 6.45) is 3.61. The van der Waals surface area contributed by atoms with Gasteiger partial charge in [0.15, 0.2) is 11.5 Å². The van der Waals surface area contributed by atoms with Crippen LogP contribution in [0.25, 0.3) is 0 Å². The number of ether oxygens (including phenoxy) is 2. The number of rotatable bonds is 11. The van der Waals surface area contributed by atoms with Gasteiger partial charge in [0.25, 0.3) is 5.69 Å². The van der Waals surface area contributed by atoms with Gasteiger partial charge in [-0.3, -0.25) is 14.9 Å². The van der Waals surface area contributed by atoms with Gasteiger partial charge >= 0.3 is 0 Å². The molecule has 8 heteroatoms. The molecular weight excluding hydrogens is 352 g/mol. The van der Waals surface area contributed by atoms with Crippen molar-refractivity contribution < 1.29 is 23.6 Å². The van der Waals surface area contributed by atoms with Crippen LogP contribution in [0.2, 0.25) is 0 Å². The molecule has 0 saturated carbocycles. The van der Waals surface area contributed by atoms with Crippen LogP contribution in [-0.2, 0) is 11.2 Å². The molecule has 2 aromatic rings. The first kappa shape index (κ1) is 20.3. The molecule has 1 aromatic carbocycles. The number of benzene rings is 1. The minimum absolute atomic E-state index is 0.0828. The van der Waals surface area contributed by atoms with E-state index < -0.39 is 4.92 Å². The number of carbonyl (C=O) groups is 1. The number of anilines is 1. The highest BCUT2D eigenvalue weighted by molar-refractivity contribution is 5.93. The van der Waals surface area contributed by atoms with Crippen LogP contribution in [0.1, 0.15) is 38.9 Å². The molecule has 0 unspecified atom stereocenters. The topological polar surface area (TPSA) is 104 Å². The lowest BCUT2D eigenvalue weighted by Crippen LogP contribution is -2.14. The smallest absolute Gasteiger partial charge is 0.296 e. The highest BCUT2D eigenvalue weighted by atomic mass is 16.6. The summed E-state index contributed by atoms with van der Waals surface area (Å²) < 4.78 is 16.4. The summed E-state index contributed by atoms with van der Waals surface area (Å²) in [4.78, 5) is 23.1. The highest BCUT2D eigenvalue weighted by Gasteiger charge is 2.22. The van der Waals surface area contributed by atoms with Gasteiger partial charge in [-0.05, 0) is 25.0 Å². The summed E-state index contributed by atoms with van der Waals surface area (Å²) in [5.41, 5.74) is -0.157. The van der Waals surface area contributed by atoms with E-state index >= 15 is 0 Å². The Bertz CT molecular complexity index is 758. The third kappa shape index (κ3) is 6.02. The zero-order valence-corrected chi connectivity index (χ0v) is 15.5. The number of furan rings is 1. The standard InChI is InChI=1S/C19H24N2O6/c1-3-9-26-17-12-15(16(21(23)24)13-18(17)27-10-4-2)20-19(22)8-7-14-6-5-11-25-14/h5-6,11-13H,3-4,7-10H2,1-2H3,(H,20,22). The quantitative estimate of drug-likeness (QED) is 0.462. The van der Waals surface area contributed by atoms with E-state index in [1.165, 1.54) is 18.4 Å². The van der Waals surface area contributed by atoms with Crippen LogP contribution in [0.15, 0.2) is 34.9 Å². The molecule has 0 atom stereocenters. The molecule has 0 aliphatic heterocycles. The summed E-state index contributed by atoms with van der Waals surface area (Å²) in [6, 6.07) is 6.25. The predicted molar refractivity (Wildman–Crippen MR) is 100 cm³/mol. The van der Waals surface area contributed by atoms with E-state index in [4.69, 9.17) is 13.9 Å². The van der Waals surface area contributed by atoms with Gasteiger partial charge in [-0.25, -0.2) is 0 Å². The molecule has 1 N–H and O–H groups in total. The molecule has 0 aliphatic carbocycles. The number of hydrogen-bond donors (Lipinski definition) is 1. The summed E-state index contributed by atoms with van der Waals surface area (Å²) in [5.74, 6) is 0.996. The first-order valence-electron chi connectivity index (χ1n) is 8.95. The Labute approximate surface area is 157 Å². The lowest BCUT2D eigenvalue weighted by Gasteiger charge is -2.14. The molecular formula is C19H24N2O6. The maximum absolute atomic E-state index is 12.2. The second-order valence-electron chi connectivity index (χ2n) is 5.90. The number of hydrogen-bond acceptors (Lipinski definition) is 6. The average Bonchev–Trinajstić information content (AvgIpc) is 3.17. The van der Waals surface area contributed by atoms with E-state index in [2.05, 4.69) is 5.32 Å². The molecule has 0 fully saturated rings. The van der Waals surface area contributed by atoms with Crippen LogP contribution in [-0.4, -0.2) is 24.0 Å². The molecule has 0 saturated heterocycles. The number of nitro groups is 1. The molecule has 1 heterocycles. The second-order valence-corrected chi connectivity index (χ2v) is 5.90. The van der Waals surface area contributed by atoms with Crippen molar-refractivity contribution in [3.63, 3.8) is 0 Å². The zero-order valence-electron chi connectivity index (χ0n) is 15.5. The largest absolute Gasteiger partial charge is 0.490 e. The van der Waals surface area contributed by atoms with Crippen LogP contribution in [0.5, 0.6) is 11.5 Å². The first-order chi connectivity index (χ1) is 13.0. The third-order valence-electron chi connectivity index (χ3n) is 3.63. The van der Waals surface area contributed by atoms with Gasteiger partial charge in [-0.2, -0.15) is 0 Å². The molecule has 1 amide bonds. The Morgan fingerprint density at radius 3 is 2.41 bits per heavy atom. The fraction of sp³-hybridized carbons (Fsp3) is 0.421. The number of carbonyl (C=O) groups excluding carboxylic acids is 1. The van der Waals surface area contributed by atoms with Gasteiger partial charge in [0, 0.05) is 18.9 Å². The number of amides is 1.